The summed E-state index contributed by atoms with van der Waals surface area (Å²) >= 11 is 0. The smallest absolute Gasteiger partial charge is 0.312 e. The van der Waals surface area contributed by atoms with Crippen molar-refractivity contribution in [1.82, 2.24) is 20.8 Å². The Morgan fingerprint density at radius 3 is 2.80 bits per heavy atom. The van der Waals surface area contributed by atoms with Crippen LogP contribution in [-0.4, -0.2) is 72.7 Å². The quantitative estimate of drug-likeness (QED) is 0.403. The van der Waals surface area contributed by atoms with E-state index in [0.29, 0.717) is 24.5 Å². The maximum atomic E-state index is 12.3. The normalized spacial score (nSPS) is 29.8. The number of hydroxylamine groups is 3. The second-order valence-electron chi connectivity index (χ2n) is 6.43. The molecule has 0 spiro atoms. The fourth-order valence-electron chi connectivity index (χ4n) is 3.45. The monoisotopic (exact) mass is 378 g/mol. The number of amides is 3. The van der Waals surface area contributed by atoms with Crippen molar-refractivity contribution in [3.05, 3.63) is 0 Å². The van der Waals surface area contributed by atoms with Crippen molar-refractivity contribution >= 4 is 22.3 Å². The fraction of sp³-hybridized carbons (Fsp3) is 0.846. The zero-order chi connectivity index (χ0) is 18.0. The van der Waals surface area contributed by atoms with Crippen LogP contribution in [-0.2, 0) is 24.3 Å². The van der Waals surface area contributed by atoms with Gasteiger partial charge in [-0.3, -0.25) is 14.2 Å². The summed E-state index contributed by atoms with van der Waals surface area (Å²) in [6, 6.07) is -1.87. The number of fused-ring (bicyclic) bond motifs is 2. The lowest BCUT2D eigenvalue weighted by molar-refractivity contribution is -0.139. The van der Waals surface area contributed by atoms with E-state index in [2.05, 4.69) is 15.1 Å². The summed E-state index contributed by atoms with van der Waals surface area (Å²) in [5, 5.41) is 3.90. The number of hydrogen-bond donors (Lipinski definition) is 3. The van der Waals surface area contributed by atoms with Gasteiger partial charge in [0.05, 0.1) is 12.6 Å². The summed E-state index contributed by atoms with van der Waals surface area (Å²) < 4.78 is 34.8. The number of carbonyl (C=O) groups excluding carboxylic acids is 2. The van der Waals surface area contributed by atoms with Gasteiger partial charge in [-0.05, 0) is 32.2 Å². The van der Waals surface area contributed by atoms with Crippen LogP contribution in [0.5, 0.6) is 0 Å². The number of nitrogens with zero attached hydrogens (tertiary/aromatic N) is 2. The molecule has 0 saturated carbocycles. The van der Waals surface area contributed by atoms with Crippen molar-refractivity contribution in [2.45, 2.75) is 50.2 Å². The maximum Gasteiger partial charge on any atom is 0.418 e. The summed E-state index contributed by atoms with van der Waals surface area (Å²) in [7, 11) is -4.80. The van der Waals surface area contributed by atoms with Crippen molar-refractivity contribution in [3.63, 3.8) is 0 Å². The molecular weight excluding hydrogens is 356 g/mol. The van der Waals surface area contributed by atoms with Gasteiger partial charge in [0.15, 0.2) is 0 Å². The average molecular weight is 378 g/mol. The molecule has 3 heterocycles. The minimum absolute atomic E-state index is 0.149. The molecule has 0 aromatic rings. The largest absolute Gasteiger partial charge is 0.418 e. The zero-order valence-corrected chi connectivity index (χ0v) is 14.4. The number of urea groups is 1. The Kier molecular flexibility index (Phi) is 5.43. The number of hydrogen-bond acceptors (Lipinski definition) is 7. The Balaban J connectivity index is 1.51. The van der Waals surface area contributed by atoms with E-state index in [1.54, 1.807) is 0 Å². The van der Waals surface area contributed by atoms with Gasteiger partial charge in [-0.2, -0.15) is 13.5 Å². The molecule has 25 heavy (non-hydrogen) atoms. The molecule has 0 aromatic heterocycles. The van der Waals surface area contributed by atoms with Crippen LogP contribution in [0.3, 0.4) is 0 Å². The van der Waals surface area contributed by atoms with Crippen LogP contribution < -0.4 is 10.8 Å². The number of nitrogens with one attached hydrogen (secondary N) is 2. The van der Waals surface area contributed by atoms with E-state index in [0.717, 1.165) is 25.8 Å². The molecule has 3 fully saturated rings. The standard InChI is InChI=1S/C13H22N4O7S/c18-12(15-23-8-9-3-1-2-6-14-9)11-5-4-10-7-16(11)13(19)17(10)24-25(20,21)22/h9-11,14H,1-8H2,(H,15,18)(H,20,21,22). The van der Waals surface area contributed by atoms with Crippen molar-refractivity contribution in [2.24, 2.45) is 0 Å². The topological polar surface area (TPSA) is 138 Å². The fourth-order valence-corrected chi connectivity index (χ4v) is 3.84. The first-order valence-electron chi connectivity index (χ1n) is 8.27. The van der Waals surface area contributed by atoms with Crippen molar-refractivity contribution < 1.29 is 31.7 Å². The third-order valence-corrected chi connectivity index (χ3v) is 5.02. The van der Waals surface area contributed by atoms with Crippen molar-refractivity contribution in [1.29, 1.82) is 0 Å². The summed E-state index contributed by atoms with van der Waals surface area (Å²) in [5.41, 5.74) is 2.37. The first-order chi connectivity index (χ1) is 11.8. The summed E-state index contributed by atoms with van der Waals surface area (Å²) in [6.07, 6.45) is 3.95. The zero-order valence-electron chi connectivity index (χ0n) is 13.6. The van der Waals surface area contributed by atoms with Crippen molar-refractivity contribution in [3.8, 4) is 0 Å². The number of piperidine rings is 2. The molecule has 0 radical (unpaired) electrons. The first-order valence-corrected chi connectivity index (χ1v) is 9.63. The van der Waals surface area contributed by atoms with Gasteiger partial charge in [0.2, 0.25) is 0 Å². The second kappa shape index (κ2) is 7.41. The van der Waals surface area contributed by atoms with E-state index in [1.807, 2.05) is 0 Å². The van der Waals surface area contributed by atoms with Crippen LogP contribution in [0.15, 0.2) is 0 Å². The highest BCUT2D eigenvalue weighted by molar-refractivity contribution is 7.80. The molecule has 3 N–H and O–H groups in total. The van der Waals surface area contributed by atoms with E-state index in [9.17, 15) is 18.0 Å². The third-order valence-electron chi connectivity index (χ3n) is 4.67. The average Bonchev–Trinajstić information content (AvgIpc) is 2.79. The molecule has 0 aromatic carbocycles. The second-order valence-corrected chi connectivity index (χ2v) is 7.44. The molecule has 3 atom stereocenters. The lowest BCUT2D eigenvalue weighted by Gasteiger charge is -2.29. The molecular formula is C13H22N4O7S. The summed E-state index contributed by atoms with van der Waals surface area (Å²) in [5.74, 6) is -0.462. The van der Waals surface area contributed by atoms with E-state index in [-0.39, 0.29) is 12.6 Å². The van der Waals surface area contributed by atoms with Crippen LogP contribution in [0.4, 0.5) is 4.79 Å². The first kappa shape index (κ1) is 18.3. The van der Waals surface area contributed by atoms with Gasteiger partial charge in [0.1, 0.15) is 6.04 Å². The minimum atomic E-state index is -4.80. The maximum absolute atomic E-state index is 12.3. The molecule has 142 valence electrons. The molecule has 11 nitrogen and oxygen atoms in total. The predicted molar refractivity (Wildman–Crippen MR) is 83.1 cm³/mol. The van der Waals surface area contributed by atoms with E-state index >= 15 is 0 Å². The molecule has 0 aliphatic carbocycles. The van der Waals surface area contributed by atoms with E-state index in [4.69, 9.17) is 9.39 Å². The Bertz CT molecular complexity index is 622. The van der Waals surface area contributed by atoms with Crippen LogP contribution in [0, 0.1) is 0 Å². The predicted octanol–water partition coefficient (Wildman–Crippen LogP) is -0.821. The molecule has 12 heteroatoms. The summed E-state index contributed by atoms with van der Waals surface area (Å²) in [4.78, 5) is 31.0. The highest BCUT2D eigenvalue weighted by Crippen LogP contribution is 2.30. The van der Waals surface area contributed by atoms with Gasteiger partial charge in [0.25, 0.3) is 5.91 Å². The highest BCUT2D eigenvalue weighted by atomic mass is 32.3. The molecule has 3 rings (SSSR count). The Labute approximate surface area is 145 Å². The summed E-state index contributed by atoms with van der Waals surface area (Å²) in [6.45, 7) is 1.42. The number of rotatable bonds is 6. The van der Waals surface area contributed by atoms with Gasteiger partial charge in [-0.1, -0.05) is 6.42 Å². The van der Waals surface area contributed by atoms with Gasteiger partial charge >= 0.3 is 16.4 Å². The van der Waals surface area contributed by atoms with Crippen LogP contribution in [0.25, 0.3) is 0 Å². The lowest BCUT2D eigenvalue weighted by atomic mass is 10.0. The Morgan fingerprint density at radius 2 is 2.12 bits per heavy atom. The Hall–Kier alpha value is -1.47. The molecule has 3 unspecified atom stereocenters. The Morgan fingerprint density at radius 1 is 1.32 bits per heavy atom. The van der Waals surface area contributed by atoms with Crippen LogP contribution >= 0.6 is 0 Å². The third kappa shape index (κ3) is 4.39. The SMILES string of the molecule is O=C(NOCC1CCCCN1)C1CCC2CN1C(=O)N2OS(=O)(=O)O. The van der Waals surface area contributed by atoms with E-state index in [1.165, 1.54) is 4.90 Å². The van der Waals surface area contributed by atoms with E-state index < -0.39 is 34.4 Å². The van der Waals surface area contributed by atoms with Gasteiger partial charge < -0.3 is 10.2 Å². The molecule has 3 aliphatic heterocycles. The van der Waals surface area contributed by atoms with Gasteiger partial charge in [-0.15, -0.1) is 4.28 Å². The van der Waals surface area contributed by atoms with Crippen LogP contribution in [0.1, 0.15) is 32.1 Å². The molecule has 3 saturated heterocycles. The van der Waals surface area contributed by atoms with Gasteiger partial charge in [-0.25, -0.2) is 10.3 Å². The van der Waals surface area contributed by atoms with Crippen molar-refractivity contribution in [2.75, 3.05) is 19.7 Å². The van der Waals surface area contributed by atoms with Gasteiger partial charge in [0, 0.05) is 12.6 Å². The highest BCUT2D eigenvalue weighted by Gasteiger charge is 2.49. The minimum Gasteiger partial charge on any atom is -0.312 e. The molecule has 2 bridgehead atoms. The molecule has 3 aliphatic rings. The molecule has 3 amide bonds. The van der Waals surface area contributed by atoms with Crippen LogP contribution in [0.2, 0.25) is 0 Å². The lowest BCUT2D eigenvalue weighted by Crippen LogP contribution is -2.50. The number of carbonyl (C=O) groups is 2.